The van der Waals surface area contributed by atoms with Gasteiger partial charge in [0.15, 0.2) is 0 Å². The predicted molar refractivity (Wildman–Crippen MR) is 83.0 cm³/mol. The second-order valence-corrected chi connectivity index (χ2v) is 6.46. The van der Waals surface area contributed by atoms with Crippen LogP contribution in [0.15, 0.2) is 0 Å². The third kappa shape index (κ3) is 4.19. The van der Waals surface area contributed by atoms with Gasteiger partial charge in [-0.25, -0.2) is 0 Å². The van der Waals surface area contributed by atoms with Gasteiger partial charge in [-0.15, -0.1) is 0 Å². The van der Waals surface area contributed by atoms with E-state index in [2.05, 4.69) is 31.1 Å². The molecule has 0 radical (unpaired) electrons. The van der Waals surface area contributed by atoms with E-state index in [1.807, 2.05) is 6.92 Å². The van der Waals surface area contributed by atoms with Crippen LogP contribution in [0.3, 0.4) is 0 Å². The normalized spacial score (nSPS) is 27.9. The molecule has 0 saturated heterocycles. The largest absolute Gasteiger partial charge is 0.480 e. The zero-order valence-corrected chi connectivity index (χ0v) is 13.6. The highest BCUT2D eigenvalue weighted by atomic mass is 16.4. The molecule has 20 heavy (non-hydrogen) atoms. The molecular formula is C16H32N2O2. The van der Waals surface area contributed by atoms with E-state index in [0.717, 1.165) is 45.3 Å². The summed E-state index contributed by atoms with van der Waals surface area (Å²) in [6.07, 6.45) is 5.02. The van der Waals surface area contributed by atoms with Crippen LogP contribution in [0.2, 0.25) is 0 Å². The number of hydrogen-bond acceptors (Lipinski definition) is 3. The Labute approximate surface area is 123 Å². The molecule has 0 aromatic heterocycles. The van der Waals surface area contributed by atoms with Gasteiger partial charge >= 0.3 is 5.97 Å². The zero-order valence-electron chi connectivity index (χ0n) is 13.6. The number of rotatable bonds is 9. The van der Waals surface area contributed by atoms with Crippen LogP contribution in [0, 0.1) is 11.8 Å². The van der Waals surface area contributed by atoms with E-state index in [4.69, 9.17) is 0 Å². The predicted octanol–water partition coefficient (Wildman–Crippen LogP) is 2.59. The van der Waals surface area contributed by atoms with Crippen LogP contribution in [0.25, 0.3) is 0 Å². The first-order valence-electron chi connectivity index (χ1n) is 8.13. The third-order valence-corrected chi connectivity index (χ3v) is 4.87. The fourth-order valence-electron chi connectivity index (χ4n) is 3.50. The van der Waals surface area contributed by atoms with Gasteiger partial charge in [0.05, 0.1) is 0 Å². The molecule has 1 aliphatic rings. The van der Waals surface area contributed by atoms with Gasteiger partial charge < -0.3 is 15.3 Å². The zero-order chi connectivity index (χ0) is 15.2. The lowest BCUT2D eigenvalue weighted by atomic mass is 9.84. The number of aliphatic carboxylic acids is 1. The van der Waals surface area contributed by atoms with Gasteiger partial charge in [-0.1, -0.05) is 33.6 Å². The molecule has 0 bridgehead atoms. The summed E-state index contributed by atoms with van der Waals surface area (Å²) in [6.45, 7) is 9.31. The molecule has 0 aliphatic heterocycles. The first-order chi connectivity index (χ1) is 9.46. The van der Waals surface area contributed by atoms with Gasteiger partial charge in [-0.05, 0) is 51.2 Å². The molecule has 0 aromatic rings. The van der Waals surface area contributed by atoms with E-state index in [9.17, 15) is 9.90 Å². The van der Waals surface area contributed by atoms with Crippen LogP contribution < -0.4 is 5.32 Å². The van der Waals surface area contributed by atoms with E-state index in [1.54, 1.807) is 0 Å². The molecule has 118 valence electrons. The minimum absolute atomic E-state index is 0.263. The second-order valence-electron chi connectivity index (χ2n) is 6.46. The van der Waals surface area contributed by atoms with E-state index in [1.165, 1.54) is 6.42 Å². The van der Waals surface area contributed by atoms with E-state index in [0.29, 0.717) is 5.92 Å². The Hall–Kier alpha value is -0.610. The van der Waals surface area contributed by atoms with E-state index >= 15 is 0 Å². The van der Waals surface area contributed by atoms with Crippen LogP contribution in [0.1, 0.15) is 52.9 Å². The van der Waals surface area contributed by atoms with E-state index in [-0.39, 0.29) is 5.92 Å². The van der Waals surface area contributed by atoms with Crippen LogP contribution in [-0.4, -0.2) is 48.2 Å². The Bertz CT molecular complexity index is 309. The molecule has 3 atom stereocenters. The molecule has 3 unspecified atom stereocenters. The summed E-state index contributed by atoms with van der Waals surface area (Å²) in [7, 11) is 2.15. The summed E-state index contributed by atoms with van der Waals surface area (Å²) in [6, 6.07) is 0. The van der Waals surface area contributed by atoms with Crippen LogP contribution in [-0.2, 0) is 4.79 Å². The lowest BCUT2D eigenvalue weighted by Gasteiger charge is -2.33. The maximum Gasteiger partial charge on any atom is 0.324 e. The van der Waals surface area contributed by atoms with Crippen molar-refractivity contribution in [3.63, 3.8) is 0 Å². The maximum absolute atomic E-state index is 11.7. The summed E-state index contributed by atoms with van der Waals surface area (Å²) in [5.74, 6) is 0.312. The van der Waals surface area contributed by atoms with Crippen molar-refractivity contribution >= 4 is 5.97 Å². The third-order valence-electron chi connectivity index (χ3n) is 4.87. The highest BCUT2D eigenvalue weighted by molar-refractivity contribution is 5.79. The summed E-state index contributed by atoms with van der Waals surface area (Å²) < 4.78 is 0. The number of carboxylic acid groups (broad SMARTS) is 1. The van der Waals surface area contributed by atoms with Gasteiger partial charge in [0.25, 0.3) is 0 Å². The fourth-order valence-corrected chi connectivity index (χ4v) is 3.50. The highest BCUT2D eigenvalue weighted by Crippen LogP contribution is 2.38. The summed E-state index contributed by atoms with van der Waals surface area (Å²) in [5.41, 5.74) is -0.675. The quantitative estimate of drug-likeness (QED) is 0.683. The van der Waals surface area contributed by atoms with Gasteiger partial charge in [0.2, 0.25) is 0 Å². The molecule has 2 N–H and O–H groups in total. The van der Waals surface area contributed by atoms with Crippen molar-refractivity contribution in [2.75, 3.05) is 26.7 Å². The molecule has 4 heteroatoms. The molecular weight excluding hydrogens is 252 g/mol. The Kier molecular flexibility index (Phi) is 6.96. The summed E-state index contributed by atoms with van der Waals surface area (Å²) >= 11 is 0. The standard InChI is InChI=1S/C16H32N2O2/c1-5-13(3)12-18(4)11-9-14-8-7-10-16(14,15(19)20)17-6-2/h13-14,17H,5-12H2,1-4H3,(H,19,20). The number of hydrogen-bond donors (Lipinski definition) is 2. The Balaban J connectivity index is 2.54. The first-order valence-corrected chi connectivity index (χ1v) is 8.13. The fraction of sp³-hybridized carbons (Fsp3) is 0.938. The molecule has 0 heterocycles. The Morgan fingerprint density at radius 3 is 2.75 bits per heavy atom. The van der Waals surface area contributed by atoms with Crippen molar-refractivity contribution in [3.8, 4) is 0 Å². The Morgan fingerprint density at radius 2 is 2.20 bits per heavy atom. The number of carbonyl (C=O) groups is 1. The molecule has 1 rings (SSSR count). The van der Waals surface area contributed by atoms with Crippen LogP contribution in [0.5, 0.6) is 0 Å². The van der Waals surface area contributed by atoms with Crippen LogP contribution in [0.4, 0.5) is 0 Å². The number of nitrogens with zero attached hydrogens (tertiary/aromatic N) is 1. The minimum Gasteiger partial charge on any atom is -0.480 e. The topological polar surface area (TPSA) is 52.6 Å². The molecule has 0 aromatic carbocycles. The van der Waals surface area contributed by atoms with Crippen molar-refractivity contribution in [3.05, 3.63) is 0 Å². The molecule has 1 fully saturated rings. The van der Waals surface area contributed by atoms with Crippen molar-refractivity contribution in [2.45, 2.75) is 58.4 Å². The van der Waals surface area contributed by atoms with Gasteiger partial charge in [0, 0.05) is 6.54 Å². The number of likely N-dealkylation sites (N-methyl/N-ethyl adjacent to an activating group) is 1. The molecule has 4 nitrogen and oxygen atoms in total. The van der Waals surface area contributed by atoms with Crippen molar-refractivity contribution in [1.29, 1.82) is 0 Å². The molecule has 0 spiro atoms. The van der Waals surface area contributed by atoms with Gasteiger partial charge in [-0.2, -0.15) is 0 Å². The maximum atomic E-state index is 11.7. The smallest absolute Gasteiger partial charge is 0.324 e. The average Bonchev–Trinajstić information content (AvgIpc) is 2.81. The molecule has 1 saturated carbocycles. The molecule has 0 amide bonds. The average molecular weight is 284 g/mol. The SMILES string of the molecule is CCNC1(C(=O)O)CCCC1CCN(C)CC(C)CC. The number of carboxylic acids is 1. The number of nitrogens with one attached hydrogen (secondary N) is 1. The minimum atomic E-state index is -0.675. The van der Waals surface area contributed by atoms with Crippen molar-refractivity contribution < 1.29 is 9.90 Å². The highest BCUT2D eigenvalue weighted by Gasteiger charge is 2.48. The van der Waals surface area contributed by atoms with Crippen LogP contribution >= 0.6 is 0 Å². The van der Waals surface area contributed by atoms with Crippen molar-refractivity contribution in [1.82, 2.24) is 10.2 Å². The summed E-state index contributed by atoms with van der Waals surface area (Å²) in [4.78, 5) is 14.1. The Morgan fingerprint density at radius 1 is 1.50 bits per heavy atom. The van der Waals surface area contributed by atoms with E-state index < -0.39 is 11.5 Å². The lowest BCUT2D eigenvalue weighted by molar-refractivity contribution is -0.146. The monoisotopic (exact) mass is 284 g/mol. The first kappa shape index (κ1) is 17.4. The van der Waals surface area contributed by atoms with Gasteiger partial charge in [0.1, 0.15) is 5.54 Å². The summed E-state index contributed by atoms with van der Waals surface area (Å²) in [5, 5.41) is 12.9. The lowest BCUT2D eigenvalue weighted by Crippen LogP contribution is -2.55. The van der Waals surface area contributed by atoms with Crippen molar-refractivity contribution in [2.24, 2.45) is 11.8 Å². The molecule has 1 aliphatic carbocycles. The second kappa shape index (κ2) is 7.99. The van der Waals surface area contributed by atoms with Gasteiger partial charge in [-0.3, -0.25) is 4.79 Å².